The summed E-state index contributed by atoms with van der Waals surface area (Å²) in [4.78, 5) is 11.9. The van der Waals surface area contributed by atoms with Crippen molar-refractivity contribution in [1.82, 2.24) is 5.32 Å². The lowest BCUT2D eigenvalue weighted by Crippen LogP contribution is -2.25. The molecule has 21 heavy (non-hydrogen) atoms. The minimum Gasteiger partial charge on any atom is -0.398 e. The van der Waals surface area contributed by atoms with Crippen LogP contribution in [0.15, 0.2) is 36.4 Å². The quantitative estimate of drug-likeness (QED) is 0.852. The molecule has 0 radical (unpaired) electrons. The lowest BCUT2D eigenvalue weighted by molar-refractivity contribution is 0.0954. The van der Waals surface area contributed by atoms with Crippen LogP contribution in [0.2, 0.25) is 5.02 Å². The zero-order valence-corrected chi connectivity index (χ0v) is 11.8. The normalized spacial score (nSPS) is 10.4. The summed E-state index contributed by atoms with van der Waals surface area (Å²) in [6.45, 7) is 0.254. The van der Waals surface area contributed by atoms with Gasteiger partial charge in [0.1, 0.15) is 11.6 Å². The van der Waals surface area contributed by atoms with Crippen LogP contribution in [0.4, 0.5) is 14.5 Å². The molecule has 0 aliphatic heterocycles. The molecule has 3 N–H and O–H groups in total. The molecule has 0 saturated carbocycles. The van der Waals surface area contributed by atoms with Crippen LogP contribution in [0.3, 0.4) is 0 Å². The standard InChI is InChI=1S/C15H13ClF2N2O/c16-13-2-1-10(7-14(13)19)15(21)20-4-3-9-5-11(17)8-12(18)6-9/h1-2,5-8H,3-4,19H2,(H,20,21). The smallest absolute Gasteiger partial charge is 0.251 e. The van der Waals surface area contributed by atoms with Gasteiger partial charge in [0.2, 0.25) is 0 Å². The fourth-order valence-corrected chi connectivity index (χ4v) is 1.98. The van der Waals surface area contributed by atoms with E-state index in [1.807, 2.05) is 0 Å². The van der Waals surface area contributed by atoms with Crippen molar-refractivity contribution in [3.63, 3.8) is 0 Å². The summed E-state index contributed by atoms with van der Waals surface area (Å²) < 4.78 is 26.0. The van der Waals surface area contributed by atoms with E-state index in [9.17, 15) is 13.6 Å². The fraction of sp³-hybridized carbons (Fsp3) is 0.133. The first kappa shape index (κ1) is 15.3. The van der Waals surface area contributed by atoms with Crippen LogP contribution in [0.5, 0.6) is 0 Å². The fourth-order valence-electron chi connectivity index (χ4n) is 1.86. The highest BCUT2D eigenvalue weighted by Crippen LogP contribution is 2.19. The molecule has 0 aliphatic rings. The molecule has 0 aromatic heterocycles. The van der Waals surface area contributed by atoms with Crippen LogP contribution >= 0.6 is 11.6 Å². The van der Waals surface area contributed by atoms with Gasteiger partial charge in [-0.1, -0.05) is 11.6 Å². The zero-order valence-electron chi connectivity index (χ0n) is 11.0. The molecule has 2 aromatic rings. The van der Waals surface area contributed by atoms with Crippen molar-refractivity contribution in [2.45, 2.75) is 6.42 Å². The van der Waals surface area contributed by atoms with Crippen LogP contribution in [0.1, 0.15) is 15.9 Å². The van der Waals surface area contributed by atoms with Gasteiger partial charge in [0, 0.05) is 18.2 Å². The molecule has 2 aromatic carbocycles. The van der Waals surface area contributed by atoms with Gasteiger partial charge in [-0.3, -0.25) is 4.79 Å². The predicted octanol–water partition coefficient (Wildman–Crippen LogP) is 3.17. The highest BCUT2D eigenvalue weighted by Gasteiger charge is 2.07. The SMILES string of the molecule is Nc1cc(C(=O)NCCc2cc(F)cc(F)c2)ccc1Cl. The van der Waals surface area contributed by atoms with Crippen molar-refractivity contribution in [1.29, 1.82) is 0 Å². The molecule has 0 fully saturated rings. The van der Waals surface area contributed by atoms with E-state index < -0.39 is 11.6 Å². The van der Waals surface area contributed by atoms with Crippen LogP contribution in [0.25, 0.3) is 0 Å². The van der Waals surface area contributed by atoms with Gasteiger partial charge in [0.05, 0.1) is 10.7 Å². The number of carbonyl (C=O) groups excluding carboxylic acids is 1. The number of nitrogens with two attached hydrogens (primary N) is 1. The molecule has 2 rings (SSSR count). The predicted molar refractivity (Wildman–Crippen MR) is 78.3 cm³/mol. The summed E-state index contributed by atoms with van der Waals surface area (Å²) in [6, 6.07) is 7.83. The van der Waals surface area contributed by atoms with Crippen LogP contribution < -0.4 is 11.1 Å². The monoisotopic (exact) mass is 310 g/mol. The minimum absolute atomic E-state index is 0.254. The third-order valence-corrected chi connectivity index (χ3v) is 3.22. The first-order valence-electron chi connectivity index (χ1n) is 6.24. The molecule has 0 saturated heterocycles. The maximum Gasteiger partial charge on any atom is 0.251 e. The van der Waals surface area contributed by atoms with Gasteiger partial charge in [-0.2, -0.15) is 0 Å². The van der Waals surface area contributed by atoms with E-state index in [0.717, 1.165) is 6.07 Å². The molecule has 0 aliphatic carbocycles. The van der Waals surface area contributed by atoms with E-state index in [2.05, 4.69) is 5.32 Å². The average molecular weight is 311 g/mol. The third kappa shape index (κ3) is 4.16. The molecular weight excluding hydrogens is 298 g/mol. The van der Waals surface area contributed by atoms with E-state index in [1.165, 1.54) is 24.3 Å². The van der Waals surface area contributed by atoms with Crippen molar-refractivity contribution >= 4 is 23.2 Å². The number of halogens is 3. The summed E-state index contributed by atoms with van der Waals surface area (Å²) in [5.74, 6) is -1.60. The largest absolute Gasteiger partial charge is 0.398 e. The number of benzene rings is 2. The Morgan fingerprint density at radius 3 is 2.43 bits per heavy atom. The Kier molecular flexibility index (Phi) is 4.75. The molecule has 0 unspecified atom stereocenters. The molecular formula is C15H13ClF2N2O. The Balaban J connectivity index is 1.93. The zero-order chi connectivity index (χ0) is 15.4. The third-order valence-electron chi connectivity index (χ3n) is 2.88. The van der Waals surface area contributed by atoms with Gasteiger partial charge in [-0.05, 0) is 42.3 Å². The van der Waals surface area contributed by atoms with Crippen molar-refractivity contribution < 1.29 is 13.6 Å². The topological polar surface area (TPSA) is 55.1 Å². The molecule has 1 amide bonds. The van der Waals surface area contributed by atoms with Gasteiger partial charge in [0.25, 0.3) is 5.91 Å². The van der Waals surface area contributed by atoms with E-state index in [0.29, 0.717) is 28.3 Å². The summed E-state index contributed by atoms with van der Waals surface area (Å²) in [7, 11) is 0. The van der Waals surface area contributed by atoms with Gasteiger partial charge in [-0.15, -0.1) is 0 Å². The summed E-state index contributed by atoms with van der Waals surface area (Å²) in [5.41, 5.74) is 6.78. The van der Waals surface area contributed by atoms with E-state index in [4.69, 9.17) is 17.3 Å². The Morgan fingerprint density at radius 1 is 1.14 bits per heavy atom. The van der Waals surface area contributed by atoms with Gasteiger partial charge < -0.3 is 11.1 Å². The van der Waals surface area contributed by atoms with E-state index in [1.54, 1.807) is 6.07 Å². The lowest BCUT2D eigenvalue weighted by Gasteiger charge is -2.07. The number of rotatable bonds is 4. The van der Waals surface area contributed by atoms with Crippen LogP contribution in [-0.2, 0) is 6.42 Å². The van der Waals surface area contributed by atoms with Gasteiger partial charge >= 0.3 is 0 Å². The summed E-state index contributed by atoms with van der Waals surface area (Å²) in [5, 5.41) is 3.03. The number of carbonyl (C=O) groups is 1. The lowest BCUT2D eigenvalue weighted by atomic mass is 10.1. The Morgan fingerprint density at radius 2 is 1.81 bits per heavy atom. The molecule has 0 heterocycles. The number of nitrogens with one attached hydrogen (secondary N) is 1. The Hall–Kier alpha value is -2.14. The van der Waals surface area contributed by atoms with Crippen LogP contribution in [0, 0.1) is 11.6 Å². The van der Waals surface area contributed by atoms with Crippen molar-refractivity contribution in [3.8, 4) is 0 Å². The van der Waals surface area contributed by atoms with Crippen LogP contribution in [-0.4, -0.2) is 12.5 Å². The second-order valence-electron chi connectivity index (χ2n) is 4.52. The summed E-state index contributed by atoms with van der Waals surface area (Å²) >= 11 is 5.77. The molecule has 0 spiro atoms. The average Bonchev–Trinajstić information content (AvgIpc) is 2.40. The molecule has 110 valence electrons. The van der Waals surface area contributed by atoms with Gasteiger partial charge in [0.15, 0.2) is 0 Å². The minimum atomic E-state index is -0.637. The Labute approximate surface area is 125 Å². The highest BCUT2D eigenvalue weighted by molar-refractivity contribution is 6.33. The van der Waals surface area contributed by atoms with Crippen molar-refractivity contribution in [2.75, 3.05) is 12.3 Å². The maximum absolute atomic E-state index is 13.0. The number of anilines is 1. The van der Waals surface area contributed by atoms with Gasteiger partial charge in [-0.25, -0.2) is 8.78 Å². The second kappa shape index (κ2) is 6.54. The van der Waals surface area contributed by atoms with Crippen molar-refractivity contribution in [2.24, 2.45) is 0 Å². The molecule has 0 bridgehead atoms. The van der Waals surface area contributed by atoms with E-state index >= 15 is 0 Å². The number of amides is 1. The Bertz CT molecular complexity index is 656. The first-order chi connectivity index (χ1) is 9.95. The maximum atomic E-state index is 13.0. The molecule has 0 atom stereocenters. The van der Waals surface area contributed by atoms with E-state index in [-0.39, 0.29) is 12.5 Å². The first-order valence-corrected chi connectivity index (χ1v) is 6.61. The highest BCUT2D eigenvalue weighted by atomic mass is 35.5. The van der Waals surface area contributed by atoms with Crippen molar-refractivity contribution in [3.05, 3.63) is 64.2 Å². The molecule has 6 heteroatoms. The number of hydrogen-bond acceptors (Lipinski definition) is 2. The number of hydrogen-bond donors (Lipinski definition) is 2. The molecule has 3 nitrogen and oxygen atoms in total. The second-order valence-corrected chi connectivity index (χ2v) is 4.93. The number of nitrogen functional groups attached to an aromatic ring is 1. The summed E-state index contributed by atoms with van der Waals surface area (Å²) in [6.07, 6.45) is 0.323.